The van der Waals surface area contributed by atoms with Gasteiger partial charge >= 0.3 is 0 Å². The van der Waals surface area contributed by atoms with Crippen molar-refractivity contribution in [2.24, 2.45) is 11.7 Å². The molecule has 1 aliphatic carbocycles. The van der Waals surface area contributed by atoms with E-state index < -0.39 is 5.92 Å². The molecular weight excluding hydrogens is 196 g/mol. The van der Waals surface area contributed by atoms with E-state index in [-0.39, 0.29) is 31.3 Å². The molecule has 0 aromatic heterocycles. The van der Waals surface area contributed by atoms with Gasteiger partial charge in [-0.1, -0.05) is 6.92 Å². The normalized spacial score (nSPS) is 24.9. The summed E-state index contributed by atoms with van der Waals surface area (Å²) >= 11 is 0. The fourth-order valence-corrected chi connectivity index (χ4v) is 1.82. The Labute approximate surface area is 84.5 Å². The number of alkyl halides is 2. The highest BCUT2D eigenvalue weighted by atomic mass is 35.5. The molecule has 1 rings (SSSR count). The van der Waals surface area contributed by atoms with Crippen molar-refractivity contribution in [1.29, 1.82) is 0 Å². The molecule has 1 fully saturated rings. The van der Waals surface area contributed by atoms with Crippen LogP contribution >= 0.6 is 12.4 Å². The van der Waals surface area contributed by atoms with E-state index in [2.05, 4.69) is 0 Å². The van der Waals surface area contributed by atoms with Gasteiger partial charge in [-0.2, -0.15) is 0 Å². The van der Waals surface area contributed by atoms with Crippen LogP contribution in [-0.4, -0.2) is 12.0 Å². The highest BCUT2D eigenvalue weighted by molar-refractivity contribution is 5.85. The van der Waals surface area contributed by atoms with E-state index in [4.69, 9.17) is 5.73 Å². The number of hydrogen-bond donors (Lipinski definition) is 1. The van der Waals surface area contributed by atoms with Crippen LogP contribution in [0.5, 0.6) is 0 Å². The molecule has 0 aromatic rings. The van der Waals surface area contributed by atoms with Gasteiger partial charge in [0.15, 0.2) is 0 Å². The molecule has 2 N–H and O–H groups in total. The van der Waals surface area contributed by atoms with E-state index in [1.54, 1.807) is 0 Å². The molecule has 1 unspecified atom stereocenters. The molecule has 0 amide bonds. The maximum atomic E-state index is 12.7. The van der Waals surface area contributed by atoms with E-state index >= 15 is 0 Å². The van der Waals surface area contributed by atoms with Crippen LogP contribution in [0, 0.1) is 5.92 Å². The van der Waals surface area contributed by atoms with Crippen molar-refractivity contribution in [3.63, 3.8) is 0 Å². The lowest BCUT2D eigenvalue weighted by molar-refractivity contribution is -0.0482. The van der Waals surface area contributed by atoms with E-state index in [1.807, 2.05) is 6.92 Å². The standard InChI is InChI=1S/C9H17F2N.ClH/c1-2-8(12)7-3-5-9(10,11)6-4-7;/h7-8H,2-6,12H2,1H3;1H. The molecule has 0 aromatic carbocycles. The van der Waals surface area contributed by atoms with Crippen molar-refractivity contribution >= 4 is 12.4 Å². The largest absolute Gasteiger partial charge is 0.327 e. The Balaban J connectivity index is 0.00000144. The van der Waals surface area contributed by atoms with Gasteiger partial charge in [0.1, 0.15) is 0 Å². The fourth-order valence-electron chi connectivity index (χ4n) is 1.82. The monoisotopic (exact) mass is 213 g/mol. The Hall–Kier alpha value is 0.110. The Kier molecular flexibility index (Phi) is 5.15. The predicted molar refractivity (Wildman–Crippen MR) is 52.4 cm³/mol. The lowest BCUT2D eigenvalue weighted by Crippen LogP contribution is -2.35. The highest BCUT2D eigenvalue weighted by Gasteiger charge is 2.36. The maximum absolute atomic E-state index is 12.7. The first-order chi connectivity index (χ1) is 5.55. The molecule has 1 nitrogen and oxygen atoms in total. The fraction of sp³-hybridized carbons (Fsp3) is 1.00. The van der Waals surface area contributed by atoms with E-state index in [1.165, 1.54) is 0 Å². The first-order valence-corrected chi connectivity index (χ1v) is 4.68. The molecule has 0 spiro atoms. The molecular formula is C9H18ClF2N. The molecule has 1 aliphatic rings. The smallest absolute Gasteiger partial charge is 0.248 e. The van der Waals surface area contributed by atoms with E-state index in [0.717, 1.165) is 6.42 Å². The second-order valence-corrected chi connectivity index (χ2v) is 3.77. The Morgan fingerprint density at radius 3 is 2.23 bits per heavy atom. The molecule has 0 aliphatic heterocycles. The lowest BCUT2D eigenvalue weighted by Gasteiger charge is -2.31. The first-order valence-electron chi connectivity index (χ1n) is 4.68. The summed E-state index contributed by atoms with van der Waals surface area (Å²) in [6, 6.07) is 0.126. The van der Waals surface area contributed by atoms with Crippen LogP contribution in [0.15, 0.2) is 0 Å². The van der Waals surface area contributed by atoms with Gasteiger partial charge in [0.05, 0.1) is 0 Å². The van der Waals surface area contributed by atoms with Gasteiger partial charge in [-0.3, -0.25) is 0 Å². The second kappa shape index (κ2) is 5.11. The SMILES string of the molecule is CCC(N)C1CCC(F)(F)CC1.Cl. The molecule has 0 heterocycles. The van der Waals surface area contributed by atoms with Crippen molar-refractivity contribution in [2.45, 2.75) is 51.0 Å². The highest BCUT2D eigenvalue weighted by Crippen LogP contribution is 2.37. The van der Waals surface area contributed by atoms with Gasteiger partial charge < -0.3 is 5.73 Å². The van der Waals surface area contributed by atoms with Crippen LogP contribution in [0.3, 0.4) is 0 Å². The number of nitrogens with two attached hydrogens (primary N) is 1. The lowest BCUT2D eigenvalue weighted by atomic mass is 9.81. The van der Waals surface area contributed by atoms with Gasteiger partial charge in [0.2, 0.25) is 5.92 Å². The Bertz CT molecular complexity index is 143. The molecule has 0 radical (unpaired) electrons. The third-order valence-corrected chi connectivity index (χ3v) is 2.84. The van der Waals surface area contributed by atoms with Crippen molar-refractivity contribution in [3.05, 3.63) is 0 Å². The summed E-state index contributed by atoms with van der Waals surface area (Å²) in [5, 5.41) is 0. The zero-order valence-corrected chi connectivity index (χ0v) is 8.75. The van der Waals surface area contributed by atoms with Crippen LogP contribution in [0.25, 0.3) is 0 Å². The average Bonchev–Trinajstić information content (AvgIpc) is 2.03. The Morgan fingerprint density at radius 1 is 1.38 bits per heavy atom. The summed E-state index contributed by atoms with van der Waals surface area (Å²) in [6.45, 7) is 2.01. The van der Waals surface area contributed by atoms with Crippen LogP contribution < -0.4 is 5.73 Å². The number of rotatable bonds is 2. The van der Waals surface area contributed by atoms with Crippen molar-refractivity contribution in [3.8, 4) is 0 Å². The molecule has 1 atom stereocenters. The van der Waals surface area contributed by atoms with Crippen LogP contribution in [0.1, 0.15) is 39.0 Å². The zero-order valence-electron chi connectivity index (χ0n) is 7.93. The predicted octanol–water partition coefficient (Wildman–Crippen LogP) is 2.97. The third-order valence-electron chi connectivity index (χ3n) is 2.84. The van der Waals surface area contributed by atoms with Gasteiger partial charge in [-0.05, 0) is 25.2 Å². The molecule has 1 saturated carbocycles. The summed E-state index contributed by atoms with van der Waals surface area (Å²) in [6.07, 6.45) is 2.16. The summed E-state index contributed by atoms with van der Waals surface area (Å²) < 4.78 is 25.4. The van der Waals surface area contributed by atoms with Gasteiger partial charge in [-0.15, -0.1) is 12.4 Å². The van der Waals surface area contributed by atoms with Crippen LogP contribution in [0.2, 0.25) is 0 Å². The Morgan fingerprint density at radius 2 is 1.85 bits per heavy atom. The van der Waals surface area contributed by atoms with Crippen molar-refractivity contribution < 1.29 is 8.78 Å². The summed E-state index contributed by atoms with van der Waals surface area (Å²) in [4.78, 5) is 0. The minimum absolute atomic E-state index is 0. The second-order valence-electron chi connectivity index (χ2n) is 3.77. The van der Waals surface area contributed by atoms with Crippen LogP contribution in [0.4, 0.5) is 8.78 Å². The summed E-state index contributed by atoms with van der Waals surface area (Å²) in [5.74, 6) is -2.08. The first kappa shape index (κ1) is 13.1. The minimum atomic E-state index is -2.41. The topological polar surface area (TPSA) is 26.0 Å². The third kappa shape index (κ3) is 3.77. The average molecular weight is 214 g/mol. The summed E-state index contributed by atoms with van der Waals surface area (Å²) in [5.41, 5.74) is 5.79. The van der Waals surface area contributed by atoms with Crippen molar-refractivity contribution in [2.75, 3.05) is 0 Å². The quantitative estimate of drug-likeness (QED) is 0.750. The van der Waals surface area contributed by atoms with Crippen LogP contribution in [-0.2, 0) is 0 Å². The van der Waals surface area contributed by atoms with Gasteiger partial charge in [-0.25, -0.2) is 8.78 Å². The molecule has 80 valence electrons. The summed E-state index contributed by atoms with van der Waals surface area (Å²) in [7, 11) is 0. The molecule has 0 bridgehead atoms. The van der Waals surface area contributed by atoms with E-state index in [9.17, 15) is 8.78 Å². The van der Waals surface area contributed by atoms with Crippen molar-refractivity contribution in [1.82, 2.24) is 0 Å². The molecule has 4 heteroatoms. The number of halogens is 3. The maximum Gasteiger partial charge on any atom is 0.248 e. The van der Waals surface area contributed by atoms with Gasteiger partial charge in [0.25, 0.3) is 0 Å². The van der Waals surface area contributed by atoms with Gasteiger partial charge in [0, 0.05) is 18.9 Å². The molecule has 0 saturated heterocycles. The van der Waals surface area contributed by atoms with E-state index in [0.29, 0.717) is 18.8 Å². The number of hydrogen-bond acceptors (Lipinski definition) is 1. The minimum Gasteiger partial charge on any atom is -0.327 e. The molecule has 13 heavy (non-hydrogen) atoms. The zero-order chi connectivity index (χ0) is 9.19.